The molecule has 96 valence electrons. The number of carboxylic acid groups (broad SMARTS) is 1. The molecule has 1 aromatic rings. The summed E-state index contributed by atoms with van der Waals surface area (Å²) in [5.74, 6) is -1.35. The lowest BCUT2D eigenvalue weighted by molar-refractivity contribution is -0.140. The summed E-state index contributed by atoms with van der Waals surface area (Å²) in [5, 5.41) is 15.1. The van der Waals surface area contributed by atoms with Crippen LogP contribution in [0.2, 0.25) is 0 Å². The quantitative estimate of drug-likeness (QED) is 0.609. The van der Waals surface area contributed by atoms with Crippen LogP contribution in [0.3, 0.4) is 0 Å². The summed E-state index contributed by atoms with van der Waals surface area (Å²) in [5.41, 5.74) is 0.691. The summed E-state index contributed by atoms with van der Waals surface area (Å²) in [6.07, 6.45) is 0. The standard InChI is InChI=1S/C11H13N3O3S/c1-8(15)12-10(11(16)17)7-18-14-13-9-5-3-2-4-6-9/h2-6,10H,7H2,1H3,(H,12,15)(H,16,17)/t10-/m0/s1. The molecule has 2 N–H and O–H groups in total. The molecule has 0 saturated carbocycles. The van der Waals surface area contributed by atoms with Crippen molar-refractivity contribution in [3.63, 3.8) is 0 Å². The summed E-state index contributed by atoms with van der Waals surface area (Å²) < 4.78 is 3.80. The first-order chi connectivity index (χ1) is 8.59. The summed E-state index contributed by atoms with van der Waals surface area (Å²) in [6, 6.07) is 8.14. The number of carboxylic acids is 1. The number of carbonyl (C=O) groups is 2. The Balaban J connectivity index is 2.41. The summed E-state index contributed by atoms with van der Waals surface area (Å²) in [4.78, 5) is 21.6. The van der Waals surface area contributed by atoms with Gasteiger partial charge in [0.2, 0.25) is 5.91 Å². The van der Waals surface area contributed by atoms with Crippen LogP contribution in [-0.4, -0.2) is 28.8 Å². The number of hydrogen-bond acceptors (Lipinski definition) is 5. The van der Waals surface area contributed by atoms with Gasteiger partial charge in [-0.3, -0.25) is 4.79 Å². The predicted molar refractivity (Wildman–Crippen MR) is 68.7 cm³/mol. The first-order valence-corrected chi connectivity index (χ1v) is 6.12. The zero-order valence-corrected chi connectivity index (χ0v) is 10.6. The molecule has 0 aromatic heterocycles. The molecule has 0 aliphatic carbocycles. The monoisotopic (exact) mass is 267 g/mol. The maximum atomic E-state index is 10.8. The van der Waals surface area contributed by atoms with E-state index in [0.717, 1.165) is 11.9 Å². The number of nitrogens with zero attached hydrogens (tertiary/aromatic N) is 2. The van der Waals surface area contributed by atoms with Crippen molar-refractivity contribution >= 4 is 29.5 Å². The molecule has 6 nitrogen and oxygen atoms in total. The average molecular weight is 267 g/mol. The molecule has 0 saturated heterocycles. The van der Waals surface area contributed by atoms with E-state index in [1.807, 2.05) is 18.2 Å². The van der Waals surface area contributed by atoms with Crippen LogP contribution in [0.1, 0.15) is 6.92 Å². The molecule has 0 aliphatic rings. The van der Waals surface area contributed by atoms with Crippen molar-refractivity contribution in [3.05, 3.63) is 30.3 Å². The normalized spacial score (nSPS) is 12.3. The second kappa shape index (κ2) is 7.44. The maximum absolute atomic E-state index is 10.8. The largest absolute Gasteiger partial charge is 0.480 e. The van der Waals surface area contributed by atoms with Crippen LogP contribution in [0.4, 0.5) is 5.69 Å². The van der Waals surface area contributed by atoms with E-state index in [4.69, 9.17) is 5.11 Å². The number of amides is 1. The Labute approximate surface area is 109 Å². The van der Waals surface area contributed by atoms with E-state index in [9.17, 15) is 9.59 Å². The molecule has 1 amide bonds. The van der Waals surface area contributed by atoms with Gasteiger partial charge in [-0.2, -0.15) is 0 Å². The highest BCUT2D eigenvalue weighted by Gasteiger charge is 2.17. The van der Waals surface area contributed by atoms with Gasteiger partial charge in [0, 0.05) is 24.6 Å². The molecule has 0 radical (unpaired) electrons. The van der Waals surface area contributed by atoms with Crippen LogP contribution in [-0.2, 0) is 9.59 Å². The SMILES string of the molecule is CC(=O)N[C@@H](CSN=Nc1ccccc1)C(=O)O. The molecule has 7 heteroatoms. The predicted octanol–water partition coefficient (Wildman–Crippen LogP) is 2.01. The van der Waals surface area contributed by atoms with Gasteiger partial charge < -0.3 is 10.4 Å². The zero-order chi connectivity index (χ0) is 13.4. The highest BCUT2D eigenvalue weighted by molar-refractivity contribution is 7.97. The minimum Gasteiger partial charge on any atom is -0.480 e. The van der Waals surface area contributed by atoms with Crippen molar-refractivity contribution in [1.29, 1.82) is 0 Å². The molecule has 1 rings (SSSR count). The fourth-order valence-corrected chi connectivity index (χ4v) is 1.69. The summed E-state index contributed by atoms with van der Waals surface area (Å²) in [7, 11) is 0. The van der Waals surface area contributed by atoms with Gasteiger partial charge in [0.1, 0.15) is 6.04 Å². The van der Waals surface area contributed by atoms with E-state index in [-0.39, 0.29) is 11.7 Å². The van der Waals surface area contributed by atoms with Crippen molar-refractivity contribution in [3.8, 4) is 0 Å². The number of aliphatic carboxylic acids is 1. The Morgan fingerprint density at radius 3 is 2.61 bits per heavy atom. The van der Waals surface area contributed by atoms with Gasteiger partial charge in [0.25, 0.3) is 0 Å². The third kappa shape index (κ3) is 5.44. The lowest BCUT2D eigenvalue weighted by atomic mass is 10.3. The van der Waals surface area contributed by atoms with Gasteiger partial charge in [-0.25, -0.2) is 4.79 Å². The van der Waals surface area contributed by atoms with E-state index in [1.54, 1.807) is 12.1 Å². The maximum Gasteiger partial charge on any atom is 0.327 e. The minimum absolute atomic E-state index is 0.130. The lowest BCUT2D eigenvalue weighted by Crippen LogP contribution is -2.41. The highest BCUT2D eigenvalue weighted by Crippen LogP contribution is 2.14. The van der Waals surface area contributed by atoms with Crippen LogP contribution < -0.4 is 5.32 Å². The summed E-state index contributed by atoms with van der Waals surface area (Å²) in [6.45, 7) is 1.27. The topological polar surface area (TPSA) is 91.1 Å². The van der Waals surface area contributed by atoms with Crippen LogP contribution >= 0.6 is 11.9 Å². The second-order valence-corrected chi connectivity index (χ2v) is 4.16. The van der Waals surface area contributed by atoms with Crippen molar-refractivity contribution in [2.45, 2.75) is 13.0 Å². The van der Waals surface area contributed by atoms with E-state index in [0.29, 0.717) is 5.69 Å². The average Bonchev–Trinajstić information content (AvgIpc) is 2.33. The van der Waals surface area contributed by atoms with Crippen molar-refractivity contribution in [2.75, 3.05) is 5.75 Å². The Kier molecular flexibility index (Phi) is 5.86. The van der Waals surface area contributed by atoms with E-state index in [2.05, 4.69) is 15.0 Å². The van der Waals surface area contributed by atoms with Gasteiger partial charge in [-0.1, -0.05) is 18.2 Å². The van der Waals surface area contributed by atoms with Crippen molar-refractivity contribution in [2.24, 2.45) is 9.63 Å². The molecule has 1 aromatic carbocycles. The zero-order valence-electron chi connectivity index (χ0n) is 9.74. The molecular formula is C11H13N3O3S. The third-order valence-electron chi connectivity index (χ3n) is 1.89. The van der Waals surface area contributed by atoms with Crippen molar-refractivity contribution in [1.82, 2.24) is 5.32 Å². The number of nitrogens with one attached hydrogen (secondary N) is 1. The highest BCUT2D eigenvalue weighted by atomic mass is 32.2. The molecule has 1 atom stereocenters. The van der Waals surface area contributed by atoms with Gasteiger partial charge in [0.05, 0.1) is 5.69 Å². The fourth-order valence-electron chi connectivity index (χ4n) is 1.10. The molecule has 0 unspecified atom stereocenters. The lowest BCUT2D eigenvalue weighted by Gasteiger charge is -2.10. The van der Waals surface area contributed by atoms with Crippen LogP contribution in [0.15, 0.2) is 40.0 Å². The Morgan fingerprint density at radius 2 is 2.06 bits per heavy atom. The fraction of sp³-hybridized carbons (Fsp3) is 0.273. The Hall–Kier alpha value is -1.89. The van der Waals surface area contributed by atoms with Crippen molar-refractivity contribution < 1.29 is 14.7 Å². The molecule has 18 heavy (non-hydrogen) atoms. The Morgan fingerprint density at radius 1 is 1.39 bits per heavy atom. The van der Waals surface area contributed by atoms with E-state index < -0.39 is 12.0 Å². The molecule has 0 aliphatic heterocycles. The Bertz CT molecular complexity index is 436. The number of rotatable bonds is 6. The molecule has 0 spiro atoms. The smallest absolute Gasteiger partial charge is 0.327 e. The van der Waals surface area contributed by atoms with E-state index in [1.165, 1.54) is 6.92 Å². The molecule has 0 fully saturated rings. The third-order valence-corrected chi connectivity index (χ3v) is 2.57. The first-order valence-electron chi connectivity index (χ1n) is 5.17. The number of carbonyl (C=O) groups excluding carboxylic acids is 1. The molecular weight excluding hydrogens is 254 g/mol. The minimum atomic E-state index is -1.09. The molecule has 0 heterocycles. The first kappa shape index (κ1) is 14.2. The van der Waals surface area contributed by atoms with Crippen LogP contribution in [0.5, 0.6) is 0 Å². The number of hydrogen-bond donors (Lipinski definition) is 2. The number of benzene rings is 1. The van der Waals surface area contributed by atoms with Gasteiger partial charge in [-0.15, -0.1) is 9.63 Å². The van der Waals surface area contributed by atoms with Crippen LogP contribution in [0, 0.1) is 0 Å². The van der Waals surface area contributed by atoms with E-state index >= 15 is 0 Å². The van der Waals surface area contributed by atoms with Gasteiger partial charge >= 0.3 is 5.97 Å². The molecule has 0 bridgehead atoms. The van der Waals surface area contributed by atoms with Crippen LogP contribution in [0.25, 0.3) is 0 Å². The second-order valence-electron chi connectivity index (χ2n) is 3.40. The summed E-state index contributed by atoms with van der Waals surface area (Å²) >= 11 is 0.989. The van der Waals surface area contributed by atoms with Gasteiger partial charge in [0.15, 0.2) is 0 Å². The van der Waals surface area contributed by atoms with Gasteiger partial charge in [-0.05, 0) is 12.1 Å².